The zero-order valence-electron chi connectivity index (χ0n) is 15.4. The van der Waals surface area contributed by atoms with E-state index in [1.54, 1.807) is 38.5 Å². The van der Waals surface area contributed by atoms with Crippen molar-refractivity contribution in [2.24, 2.45) is 0 Å². The summed E-state index contributed by atoms with van der Waals surface area (Å²) in [6.45, 7) is 7.56. The van der Waals surface area contributed by atoms with Crippen LogP contribution in [0.3, 0.4) is 0 Å². The van der Waals surface area contributed by atoms with Gasteiger partial charge in [0.25, 0.3) is 5.91 Å². The van der Waals surface area contributed by atoms with E-state index in [-0.39, 0.29) is 11.4 Å². The molecule has 2 rings (SSSR count). The number of carbonyl (C=O) groups is 1. The molecule has 0 aliphatic carbocycles. The number of ether oxygens (including phenoxy) is 2. The summed E-state index contributed by atoms with van der Waals surface area (Å²) in [4.78, 5) is 21.0. The van der Waals surface area contributed by atoms with Gasteiger partial charge in [-0.3, -0.25) is 4.79 Å². The van der Waals surface area contributed by atoms with E-state index in [9.17, 15) is 4.79 Å². The summed E-state index contributed by atoms with van der Waals surface area (Å²) in [5.41, 5.74) is 1.32. The van der Waals surface area contributed by atoms with Crippen molar-refractivity contribution in [3.8, 4) is 11.5 Å². The maximum atomic E-state index is 12.4. The molecule has 0 spiro atoms. The largest absolute Gasteiger partial charge is 0.497 e. The van der Waals surface area contributed by atoms with Crippen molar-refractivity contribution in [3.05, 3.63) is 35.7 Å². The molecule has 1 aromatic heterocycles. The quantitative estimate of drug-likeness (QED) is 0.867. The molecular weight excluding hydrogens is 320 g/mol. The number of hydrogen-bond acceptors (Lipinski definition) is 6. The van der Waals surface area contributed by atoms with Crippen LogP contribution < -0.4 is 20.1 Å². The molecule has 0 saturated carbocycles. The normalized spacial score (nSPS) is 11.0. The number of benzene rings is 1. The summed E-state index contributed by atoms with van der Waals surface area (Å²) < 4.78 is 10.5. The average Bonchev–Trinajstić information content (AvgIpc) is 2.53. The Kier molecular flexibility index (Phi) is 5.46. The number of carbonyl (C=O) groups excluding carboxylic acids is 1. The second kappa shape index (κ2) is 7.38. The van der Waals surface area contributed by atoms with Gasteiger partial charge in [0, 0.05) is 17.3 Å². The van der Waals surface area contributed by atoms with Gasteiger partial charge < -0.3 is 20.1 Å². The molecule has 0 saturated heterocycles. The fourth-order valence-corrected chi connectivity index (χ4v) is 2.17. The molecule has 0 atom stereocenters. The number of rotatable bonds is 5. The van der Waals surface area contributed by atoms with Gasteiger partial charge in [0.2, 0.25) is 5.95 Å². The Morgan fingerprint density at radius 3 is 2.40 bits per heavy atom. The number of aryl methyl sites for hydroxylation is 1. The highest BCUT2D eigenvalue weighted by Crippen LogP contribution is 2.30. The van der Waals surface area contributed by atoms with E-state index in [1.165, 1.54) is 0 Å². The van der Waals surface area contributed by atoms with E-state index in [0.717, 1.165) is 0 Å². The van der Waals surface area contributed by atoms with E-state index >= 15 is 0 Å². The first kappa shape index (κ1) is 18.5. The highest BCUT2D eigenvalue weighted by Gasteiger charge is 2.18. The van der Waals surface area contributed by atoms with Crippen LogP contribution in [-0.4, -0.2) is 35.6 Å². The minimum Gasteiger partial charge on any atom is -0.497 e. The smallest absolute Gasteiger partial charge is 0.270 e. The van der Waals surface area contributed by atoms with Gasteiger partial charge in [0.1, 0.15) is 17.2 Å². The lowest BCUT2D eigenvalue weighted by Crippen LogP contribution is -2.41. The topological polar surface area (TPSA) is 85.4 Å². The Morgan fingerprint density at radius 2 is 1.80 bits per heavy atom. The number of hydrogen-bond donors (Lipinski definition) is 2. The molecule has 0 aliphatic rings. The van der Waals surface area contributed by atoms with Crippen molar-refractivity contribution in [1.29, 1.82) is 0 Å². The number of methoxy groups -OCH3 is 2. The Hall–Kier alpha value is -2.83. The van der Waals surface area contributed by atoms with Crippen LogP contribution in [0, 0.1) is 6.92 Å². The summed E-state index contributed by atoms with van der Waals surface area (Å²) >= 11 is 0. The maximum Gasteiger partial charge on any atom is 0.270 e. The Bertz CT molecular complexity index is 769. The van der Waals surface area contributed by atoms with Crippen LogP contribution in [0.4, 0.5) is 11.6 Å². The molecule has 0 bridgehead atoms. The zero-order chi connectivity index (χ0) is 18.6. The maximum absolute atomic E-state index is 12.4. The predicted octanol–water partition coefficient (Wildman–Crippen LogP) is 3.07. The fraction of sp³-hybridized carbons (Fsp3) is 0.389. The van der Waals surface area contributed by atoms with Crippen molar-refractivity contribution in [1.82, 2.24) is 15.3 Å². The molecule has 1 aromatic carbocycles. The number of anilines is 2. The first-order valence-electron chi connectivity index (χ1n) is 7.89. The van der Waals surface area contributed by atoms with Gasteiger partial charge in [0.15, 0.2) is 0 Å². The summed E-state index contributed by atoms with van der Waals surface area (Å²) in [6.07, 6.45) is 0. The first-order chi connectivity index (χ1) is 11.7. The minimum atomic E-state index is -0.345. The summed E-state index contributed by atoms with van der Waals surface area (Å²) in [5.74, 6) is 1.34. The number of nitrogens with one attached hydrogen (secondary N) is 2. The molecule has 7 heteroatoms. The Balaban J connectivity index is 2.30. The predicted molar refractivity (Wildman–Crippen MR) is 96.8 cm³/mol. The lowest BCUT2D eigenvalue weighted by atomic mass is 10.1. The standard InChI is InChI=1S/C18H24N4O3/c1-11-9-14(16(23)22-18(2,3)4)21-17(19-11)20-13-8-7-12(24-5)10-15(13)25-6/h7-10H,1-6H3,(H,22,23)(H,19,20,21). The van der Waals surface area contributed by atoms with Crippen molar-refractivity contribution in [3.63, 3.8) is 0 Å². The van der Waals surface area contributed by atoms with E-state index in [4.69, 9.17) is 9.47 Å². The molecule has 1 heterocycles. The van der Waals surface area contributed by atoms with E-state index in [1.807, 2.05) is 27.7 Å². The summed E-state index contributed by atoms with van der Waals surface area (Å²) in [5, 5.41) is 5.98. The molecule has 25 heavy (non-hydrogen) atoms. The molecule has 7 nitrogen and oxygen atoms in total. The lowest BCUT2D eigenvalue weighted by Gasteiger charge is -2.20. The van der Waals surface area contributed by atoms with Gasteiger partial charge in [-0.25, -0.2) is 9.97 Å². The molecule has 2 N–H and O–H groups in total. The van der Waals surface area contributed by atoms with Crippen LogP contribution in [0.5, 0.6) is 11.5 Å². The Morgan fingerprint density at radius 1 is 1.08 bits per heavy atom. The molecular formula is C18H24N4O3. The van der Waals surface area contributed by atoms with Crippen LogP contribution in [-0.2, 0) is 0 Å². The van der Waals surface area contributed by atoms with Crippen LogP contribution in [0.2, 0.25) is 0 Å². The highest BCUT2D eigenvalue weighted by molar-refractivity contribution is 5.93. The fourth-order valence-electron chi connectivity index (χ4n) is 2.17. The molecule has 2 aromatic rings. The van der Waals surface area contributed by atoms with E-state index < -0.39 is 0 Å². The highest BCUT2D eigenvalue weighted by atomic mass is 16.5. The second-order valence-corrected chi connectivity index (χ2v) is 6.61. The average molecular weight is 344 g/mol. The van der Waals surface area contributed by atoms with E-state index in [0.29, 0.717) is 34.5 Å². The zero-order valence-corrected chi connectivity index (χ0v) is 15.4. The molecule has 0 unspecified atom stereocenters. The van der Waals surface area contributed by atoms with Crippen LogP contribution >= 0.6 is 0 Å². The molecule has 0 fully saturated rings. The van der Waals surface area contributed by atoms with Gasteiger partial charge in [-0.15, -0.1) is 0 Å². The summed E-state index contributed by atoms with van der Waals surface area (Å²) in [6, 6.07) is 7.01. The molecule has 0 radical (unpaired) electrons. The van der Waals surface area contributed by atoms with Crippen molar-refractivity contribution in [2.75, 3.05) is 19.5 Å². The third kappa shape index (κ3) is 5.07. The van der Waals surface area contributed by atoms with Gasteiger partial charge >= 0.3 is 0 Å². The number of nitrogens with zero attached hydrogens (tertiary/aromatic N) is 2. The summed E-state index contributed by atoms with van der Waals surface area (Å²) in [7, 11) is 3.16. The third-order valence-corrected chi connectivity index (χ3v) is 3.23. The van der Waals surface area contributed by atoms with Crippen molar-refractivity contribution >= 4 is 17.5 Å². The SMILES string of the molecule is COc1ccc(Nc2nc(C)cc(C(=O)NC(C)(C)C)n2)c(OC)c1. The first-order valence-corrected chi connectivity index (χ1v) is 7.89. The monoisotopic (exact) mass is 344 g/mol. The Labute approximate surface area is 147 Å². The van der Waals surface area contributed by atoms with Gasteiger partial charge in [-0.05, 0) is 45.9 Å². The van der Waals surface area contributed by atoms with Gasteiger partial charge in [-0.2, -0.15) is 0 Å². The lowest BCUT2D eigenvalue weighted by molar-refractivity contribution is 0.0914. The number of amides is 1. The van der Waals surface area contributed by atoms with Crippen molar-refractivity contribution in [2.45, 2.75) is 33.2 Å². The van der Waals surface area contributed by atoms with E-state index in [2.05, 4.69) is 20.6 Å². The van der Waals surface area contributed by atoms with Crippen molar-refractivity contribution < 1.29 is 14.3 Å². The van der Waals surface area contributed by atoms with Crippen LogP contribution in [0.1, 0.15) is 37.0 Å². The van der Waals surface area contributed by atoms with Crippen LogP contribution in [0.15, 0.2) is 24.3 Å². The second-order valence-electron chi connectivity index (χ2n) is 6.61. The molecule has 1 amide bonds. The van der Waals surface area contributed by atoms with Gasteiger partial charge in [0.05, 0.1) is 19.9 Å². The van der Waals surface area contributed by atoms with Gasteiger partial charge in [-0.1, -0.05) is 0 Å². The number of aromatic nitrogens is 2. The molecule has 134 valence electrons. The minimum absolute atomic E-state index is 0.247. The third-order valence-electron chi connectivity index (χ3n) is 3.23. The van der Waals surface area contributed by atoms with Crippen LogP contribution in [0.25, 0.3) is 0 Å². The molecule has 0 aliphatic heterocycles.